The fourth-order valence-corrected chi connectivity index (χ4v) is 12.2. The summed E-state index contributed by atoms with van der Waals surface area (Å²) in [7, 11) is -3.25. The second-order valence-electron chi connectivity index (χ2n) is 19.2. The summed E-state index contributed by atoms with van der Waals surface area (Å²) in [6.45, 7) is 4.13. The van der Waals surface area contributed by atoms with Gasteiger partial charge in [0.15, 0.2) is 31.2 Å². The van der Waals surface area contributed by atoms with Gasteiger partial charge in [-0.15, -0.1) is 0 Å². The van der Waals surface area contributed by atoms with E-state index >= 15 is 0 Å². The molecule has 4 heterocycles. The van der Waals surface area contributed by atoms with Crippen molar-refractivity contribution in [1.82, 2.24) is 19.6 Å². The van der Waals surface area contributed by atoms with E-state index in [1.165, 1.54) is 0 Å². The number of hydrogen-bond donors (Lipinski definition) is 2. The summed E-state index contributed by atoms with van der Waals surface area (Å²) in [6, 6.07) is 28.9. The van der Waals surface area contributed by atoms with Crippen molar-refractivity contribution in [1.29, 1.82) is 0 Å². The number of fused-ring (bicyclic) bond motifs is 2. The highest BCUT2D eigenvalue weighted by Gasteiger charge is 2.51. The first-order valence-electron chi connectivity index (χ1n) is 22.9. The Morgan fingerprint density at radius 2 is 0.985 bits per heavy atom. The van der Waals surface area contributed by atoms with Gasteiger partial charge in [-0.05, 0) is 98.9 Å². The number of aryl methyl sites for hydroxylation is 2. The molecule has 2 N–H and O–H groups in total. The zero-order valence-corrected chi connectivity index (χ0v) is 40.2. The average Bonchev–Trinajstić information content (AvgIpc) is 4.19. The van der Waals surface area contributed by atoms with Crippen LogP contribution in [0, 0.1) is 11.8 Å². The van der Waals surface area contributed by atoms with Crippen LogP contribution in [0.15, 0.2) is 109 Å². The molecule has 0 radical (unpaired) electrons. The lowest BCUT2D eigenvalue weighted by molar-refractivity contribution is 0.0497. The van der Waals surface area contributed by atoms with Crippen molar-refractivity contribution in [2.24, 2.45) is 25.9 Å². The largest absolute Gasteiger partial charge is 0.493 e. The molecule has 0 unspecified atom stereocenters. The molecule has 356 valence electrons. The number of aliphatic hydroxyl groups excluding tert-OH is 2. The summed E-state index contributed by atoms with van der Waals surface area (Å²) in [5, 5.41) is 30.4. The van der Waals surface area contributed by atoms with Crippen LogP contribution in [-0.2, 0) is 46.6 Å². The van der Waals surface area contributed by atoms with E-state index in [2.05, 4.69) is 10.2 Å². The quantitative estimate of drug-likeness (QED) is 0.106. The molecule has 14 nitrogen and oxygen atoms in total. The molecule has 10 rings (SSSR count). The van der Waals surface area contributed by atoms with E-state index < -0.39 is 64.4 Å². The lowest BCUT2D eigenvalue weighted by atomic mass is 9.88. The van der Waals surface area contributed by atoms with Crippen LogP contribution in [0.5, 0.6) is 11.5 Å². The molecule has 68 heavy (non-hydrogen) atoms. The zero-order chi connectivity index (χ0) is 48.2. The maximum Gasteiger partial charge on any atom is 0.178 e. The van der Waals surface area contributed by atoms with Crippen LogP contribution in [-0.4, -0.2) is 92.4 Å². The van der Waals surface area contributed by atoms with E-state index in [9.17, 15) is 36.6 Å². The Kier molecular flexibility index (Phi) is 12.6. The number of nitrogens with zero attached hydrogens (tertiary/aromatic N) is 4. The van der Waals surface area contributed by atoms with E-state index in [1.807, 2.05) is 86.9 Å². The number of rotatable bonds is 14. The Hall–Kier alpha value is -5.94. The predicted octanol–water partition coefficient (Wildman–Crippen LogP) is 7.04. The first kappa shape index (κ1) is 47.1. The van der Waals surface area contributed by atoms with Crippen LogP contribution in [0.3, 0.4) is 0 Å². The second-order valence-corrected chi connectivity index (χ2v) is 24.2. The molecular weight excluding hydrogens is 905 g/mol. The lowest BCUT2D eigenvalue weighted by Gasteiger charge is -2.30. The maximum atomic E-state index is 13.0. The fourth-order valence-electron chi connectivity index (χ4n) is 9.09. The number of benzene rings is 4. The highest BCUT2D eigenvalue weighted by atomic mass is 32.2. The van der Waals surface area contributed by atoms with Gasteiger partial charge in [-0.2, -0.15) is 10.2 Å². The van der Waals surface area contributed by atoms with E-state index in [0.717, 1.165) is 22.5 Å². The molecule has 4 aliphatic rings. The third-order valence-corrected chi connectivity index (χ3v) is 19.5. The molecule has 2 aromatic heterocycles. The van der Waals surface area contributed by atoms with E-state index in [1.54, 1.807) is 59.9 Å². The molecule has 0 amide bonds. The Morgan fingerprint density at radius 1 is 0.603 bits per heavy atom. The third-order valence-electron chi connectivity index (χ3n) is 14.4. The smallest absolute Gasteiger partial charge is 0.178 e. The number of aliphatic hydroxyl groups is 2. The minimum absolute atomic E-state index is 0.100. The maximum absolute atomic E-state index is 13.0. The fraction of sp³-hybridized carbons (Fsp3) is 0.385. The van der Waals surface area contributed by atoms with E-state index in [-0.39, 0.29) is 11.8 Å². The Morgan fingerprint density at radius 3 is 1.34 bits per heavy atom. The van der Waals surface area contributed by atoms with Crippen molar-refractivity contribution in [2.45, 2.75) is 74.1 Å². The van der Waals surface area contributed by atoms with E-state index in [4.69, 9.17) is 9.47 Å². The molecule has 4 aromatic carbocycles. The first-order chi connectivity index (χ1) is 32.4. The molecule has 0 saturated heterocycles. The molecule has 2 saturated carbocycles. The Bertz CT molecular complexity index is 2920. The molecule has 2 aliphatic heterocycles. The first-order valence-corrected chi connectivity index (χ1v) is 26.2. The highest BCUT2D eigenvalue weighted by molar-refractivity contribution is 7.94. The number of hydrogen-bond acceptors (Lipinski definition) is 12. The molecule has 16 heteroatoms. The number of carbonyl (C=O) groups excluding carboxylic acids is 2. The highest BCUT2D eigenvalue weighted by Crippen LogP contribution is 2.46. The number of sulfone groups is 2. The molecule has 2 aliphatic carbocycles. The molecule has 2 fully saturated rings. The van der Waals surface area contributed by atoms with Crippen LogP contribution in [0.4, 0.5) is 0 Å². The van der Waals surface area contributed by atoms with Gasteiger partial charge in [-0.1, -0.05) is 72.8 Å². The van der Waals surface area contributed by atoms with Crippen molar-refractivity contribution >= 4 is 31.2 Å². The van der Waals surface area contributed by atoms with E-state index in [0.29, 0.717) is 96.6 Å². The predicted molar refractivity (Wildman–Crippen MR) is 257 cm³/mol. The van der Waals surface area contributed by atoms with Gasteiger partial charge in [0.1, 0.15) is 23.0 Å². The molecule has 0 spiro atoms. The molecule has 6 aromatic rings. The van der Waals surface area contributed by atoms with Crippen LogP contribution in [0.2, 0.25) is 0 Å². The van der Waals surface area contributed by atoms with Gasteiger partial charge in [0, 0.05) is 72.0 Å². The van der Waals surface area contributed by atoms with Crippen molar-refractivity contribution in [2.75, 3.05) is 24.7 Å². The monoisotopic (exact) mass is 960 g/mol. The SMILES string of the molecule is Cn1nccc1C[C@@H]1COc2cc(-c3ccccc3C(=O)CS(=O)(=O)C3(C)CC3)ccc2[C@H]1O.Cn1nccc1C[C@H]1COc2cc(-c3ccccc3C(=O)CS(=O)(=O)C3(C)CC3)ccc2[C@@H]1O. The Balaban J connectivity index is 0.000000170. The van der Waals surface area contributed by atoms with Gasteiger partial charge in [-0.25, -0.2) is 16.8 Å². The van der Waals surface area contributed by atoms with Crippen LogP contribution in [0.25, 0.3) is 22.3 Å². The third kappa shape index (κ3) is 9.30. The van der Waals surface area contributed by atoms with Crippen LogP contribution >= 0.6 is 0 Å². The summed E-state index contributed by atoms with van der Waals surface area (Å²) >= 11 is 0. The van der Waals surface area contributed by atoms with Crippen molar-refractivity contribution in [3.8, 4) is 33.8 Å². The second kappa shape index (κ2) is 18.2. The topological polar surface area (TPSA) is 197 Å². The summed E-state index contributed by atoms with van der Waals surface area (Å²) in [6.07, 6.45) is 5.82. The minimum Gasteiger partial charge on any atom is -0.493 e. The van der Waals surface area contributed by atoms with Gasteiger partial charge in [0.05, 0.1) is 34.9 Å². The molecule has 0 bridgehead atoms. The zero-order valence-electron chi connectivity index (χ0n) is 38.5. The van der Waals surface area contributed by atoms with Gasteiger partial charge >= 0.3 is 0 Å². The minimum atomic E-state index is -3.50. The summed E-state index contributed by atoms with van der Waals surface area (Å²) in [5.41, 5.74) is 7.00. The van der Waals surface area contributed by atoms with Crippen molar-refractivity contribution in [3.05, 3.63) is 143 Å². The van der Waals surface area contributed by atoms with Gasteiger partial charge < -0.3 is 19.7 Å². The number of Topliss-reactive ketones (excluding diaryl/α,β-unsaturated/α-hetero) is 2. The van der Waals surface area contributed by atoms with Gasteiger partial charge in [0.25, 0.3) is 0 Å². The van der Waals surface area contributed by atoms with Crippen molar-refractivity contribution < 1.29 is 46.1 Å². The average molecular weight is 961 g/mol. The van der Waals surface area contributed by atoms with Gasteiger partial charge in [-0.3, -0.25) is 19.0 Å². The summed E-state index contributed by atoms with van der Waals surface area (Å²) < 4.78 is 64.8. The number of ketones is 2. The number of aromatic nitrogens is 4. The molecular formula is C52H56N4O10S2. The summed E-state index contributed by atoms with van der Waals surface area (Å²) in [4.78, 5) is 26.1. The number of carbonyl (C=O) groups is 2. The number of ether oxygens (including phenoxy) is 2. The van der Waals surface area contributed by atoms with Crippen LogP contribution < -0.4 is 9.47 Å². The Labute approximate surface area is 396 Å². The standard InChI is InChI=1S/2C26H28N2O5S/c2*1-26(10-11-26)34(31,32)16-23(29)21-6-4-3-5-20(21)17-7-8-22-24(14-17)33-15-18(25(22)30)13-19-9-12-27-28(19)2/h2*3-9,12,14,18,25,30H,10-11,13,15-16H2,1-2H3/t2*18-,25+/m10/s1. The summed E-state index contributed by atoms with van der Waals surface area (Å²) in [5.74, 6) is -0.837. The molecule has 4 atom stereocenters. The van der Waals surface area contributed by atoms with Gasteiger partial charge in [0.2, 0.25) is 0 Å². The lowest BCUT2D eigenvalue weighted by Crippen LogP contribution is -2.28. The normalized spacial score (nSPS) is 20.9. The van der Waals surface area contributed by atoms with Crippen molar-refractivity contribution in [3.63, 3.8) is 0 Å². The van der Waals surface area contributed by atoms with Crippen LogP contribution in [0.1, 0.15) is 95.0 Å².